The number of rotatable bonds is 4. The third-order valence-corrected chi connectivity index (χ3v) is 4.50. The summed E-state index contributed by atoms with van der Waals surface area (Å²) >= 11 is 0. The summed E-state index contributed by atoms with van der Waals surface area (Å²) in [6, 6.07) is 21.4. The van der Waals surface area contributed by atoms with Gasteiger partial charge >= 0.3 is 0 Å². The first kappa shape index (κ1) is 16.1. The van der Waals surface area contributed by atoms with Gasteiger partial charge in [-0.05, 0) is 42.3 Å². The fourth-order valence-corrected chi connectivity index (χ4v) is 3.23. The molecule has 0 saturated heterocycles. The van der Waals surface area contributed by atoms with Crippen LogP contribution in [-0.4, -0.2) is 15.1 Å². The number of aromatic nitrogens is 2. The molecule has 0 fully saturated rings. The summed E-state index contributed by atoms with van der Waals surface area (Å²) in [4.78, 5) is 8.77. The summed E-state index contributed by atoms with van der Waals surface area (Å²) in [5.74, 6) is 0.947. The van der Waals surface area contributed by atoms with Gasteiger partial charge in [0.1, 0.15) is 17.1 Å². The number of benzene rings is 2. The minimum atomic E-state index is -0.240. The van der Waals surface area contributed by atoms with Gasteiger partial charge in [-0.15, -0.1) is 0 Å². The van der Waals surface area contributed by atoms with E-state index in [1.54, 1.807) is 12.4 Å². The van der Waals surface area contributed by atoms with Crippen molar-refractivity contribution in [2.45, 2.75) is 13.0 Å². The molecule has 0 aliphatic carbocycles. The predicted octanol–water partition coefficient (Wildman–Crippen LogP) is 4.85. The molecule has 0 aliphatic rings. The highest BCUT2D eigenvalue weighted by molar-refractivity contribution is 5.88. The highest BCUT2D eigenvalue weighted by atomic mass is 16.3. The van der Waals surface area contributed by atoms with Gasteiger partial charge in [0.25, 0.3) is 0 Å². The molecule has 0 amide bonds. The Morgan fingerprint density at radius 2 is 1.65 bits per heavy atom. The van der Waals surface area contributed by atoms with Crippen molar-refractivity contribution in [2.24, 2.45) is 0 Å². The van der Waals surface area contributed by atoms with Crippen LogP contribution in [-0.2, 0) is 0 Å². The summed E-state index contributed by atoms with van der Waals surface area (Å²) in [5.41, 5.74) is 3.52. The third kappa shape index (κ3) is 2.97. The molecule has 4 nitrogen and oxygen atoms in total. The van der Waals surface area contributed by atoms with Crippen molar-refractivity contribution < 1.29 is 5.11 Å². The number of phenolic OH excluding ortho intramolecular Hbond substituents is 1. The SMILES string of the molecule is Cc1cc(C(Nc2ccccn2)c2ccccc2)c(O)c2ncccc12. The van der Waals surface area contributed by atoms with Crippen LogP contribution in [0.1, 0.15) is 22.7 Å². The molecule has 0 bridgehead atoms. The Balaban J connectivity index is 1.89. The fourth-order valence-electron chi connectivity index (χ4n) is 3.23. The van der Waals surface area contributed by atoms with Gasteiger partial charge in [0, 0.05) is 23.3 Å². The van der Waals surface area contributed by atoms with Crippen LogP contribution in [0.25, 0.3) is 10.9 Å². The monoisotopic (exact) mass is 341 g/mol. The summed E-state index contributed by atoms with van der Waals surface area (Å²) < 4.78 is 0. The summed E-state index contributed by atoms with van der Waals surface area (Å²) in [5, 5.41) is 15.4. The Hall–Kier alpha value is -3.40. The number of aryl methyl sites for hydroxylation is 1. The van der Waals surface area contributed by atoms with Crippen LogP contribution in [0, 0.1) is 6.92 Å². The number of hydrogen-bond donors (Lipinski definition) is 2. The number of hydrogen-bond acceptors (Lipinski definition) is 4. The topological polar surface area (TPSA) is 58.0 Å². The minimum Gasteiger partial charge on any atom is -0.505 e. The Kier molecular flexibility index (Phi) is 4.23. The number of anilines is 1. The molecule has 2 heterocycles. The van der Waals surface area contributed by atoms with E-state index >= 15 is 0 Å². The molecular formula is C22H19N3O. The Labute approximate surface area is 152 Å². The van der Waals surface area contributed by atoms with Gasteiger partial charge in [-0.2, -0.15) is 0 Å². The maximum atomic E-state index is 11.0. The molecule has 4 aromatic rings. The fraction of sp³-hybridized carbons (Fsp3) is 0.0909. The standard InChI is InChI=1S/C22H19N3O/c1-15-14-18(22(26)21-17(15)10-7-13-24-21)20(16-8-3-2-4-9-16)25-19-11-5-6-12-23-19/h2-14,20,26H,1H3,(H,23,25). The molecule has 4 heteroatoms. The number of aromatic hydroxyl groups is 1. The van der Waals surface area contributed by atoms with E-state index in [-0.39, 0.29) is 11.8 Å². The largest absolute Gasteiger partial charge is 0.505 e. The number of nitrogens with zero attached hydrogens (tertiary/aromatic N) is 2. The van der Waals surface area contributed by atoms with E-state index in [0.717, 1.165) is 27.9 Å². The highest BCUT2D eigenvalue weighted by Crippen LogP contribution is 2.37. The van der Waals surface area contributed by atoms with E-state index in [1.165, 1.54) is 0 Å². The molecule has 26 heavy (non-hydrogen) atoms. The lowest BCUT2D eigenvalue weighted by Gasteiger charge is -2.22. The molecule has 0 radical (unpaired) electrons. The van der Waals surface area contributed by atoms with E-state index in [0.29, 0.717) is 5.52 Å². The van der Waals surface area contributed by atoms with Gasteiger partial charge in [-0.3, -0.25) is 4.98 Å². The molecule has 1 atom stereocenters. The lowest BCUT2D eigenvalue weighted by molar-refractivity contribution is 0.471. The maximum absolute atomic E-state index is 11.0. The molecule has 4 rings (SSSR count). The second-order valence-corrected chi connectivity index (χ2v) is 6.23. The summed E-state index contributed by atoms with van der Waals surface area (Å²) in [7, 11) is 0. The first-order valence-electron chi connectivity index (χ1n) is 8.54. The zero-order chi connectivity index (χ0) is 17.9. The number of phenols is 1. The predicted molar refractivity (Wildman–Crippen MR) is 104 cm³/mol. The summed E-state index contributed by atoms with van der Waals surface area (Å²) in [6.07, 6.45) is 3.45. The van der Waals surface area contributed by atoms with Crippen LogP contribution in [0.15, 0.2) is 79.1 Å². The first-order chi connectivity index (χ1) is 12.7. The van der Waals surface area contributed by atoms with E-state index in [2.05, 4.69) is 15.3 Å². The Bertz CT molecular complexity index is 1030. The number of nitrogens with one attached hydrogen (secondary N) is 1. The molecule has 0 saturated carbocycles. The van der Waals surface area contributed by atoms with E-state index in [1.807, 2.05) is 73.7 Å². The van der Waals surface area contributed by atoms with Gasteiger partial charge in [-0.25, -0.2) is 4.98 Å². The van der Waals surface area contributed by atoms with Crippen molar-refractivity contribution in [1.82, 2.24) is 9.97 Å². The van der Waals surface area contributed by atoms with E-state index < -0.39 is 0 Å². The molecule has 2 N–H and O–H groups in total. The average Bonchev–Trinajstić information content (AvgIpc) is 2.71. The van der Waals surface area contributed by atoms with Crippen LogP contribution >= 0.6 is 0 Å². The second-order valence-electron chi connectivity index (χ2n) is 6.23. The molecule has 2 aromatic carbocycles. The quantitative estimate of drug-likeness (QED) is 0.557. The van der Waals surface area contributed by atoms with Crippen molar-refractivity contribution in [3.8, 4) is 5.75 Å². The molecular weight excluding hydrogens is 322 g/mol. The lowest BCUT2D eigenvalue weighted by Crippen LogP contribution is -2.14. The zero-order valence-corrected chi connectivity index (χ0v) is 14.4. The van der Waals surface area contributed by atoms with Crippen molar-refractivity contribution in [3.63, 3.8) is 0 Å². The lowest BCUT2D eigenvalue weighted by atomic mass is 9.94. The van der Waals surface area contributed by atoms with Gasteiger partial charge in [0.2, 0.25) is 0 Å². The third-order valence-electron chi connectivity index (χ3n) is 4.50. The highest BCUT2D eigenvalue weighted by Gasteiger charge is 2.21. The van der Waals surface area contributed by atoms with Crippen LogP contribution in [0.5, 0.6) is 5.75 Å². The molecule has 1 unspecified atom stereocenters. The van der Waals surface area contributed by atoms with Crippen LogP contribution in [0.3, 0.4) is 0 Å². The molecule has 2 aromatic heterocycles. The van der Waals surface area contributed by atoms with Crippen molar-refractivity contribution in [2.75, 3.05) is 5.32 Å². The first-order valence-corrected chi connectivity index (χ1v) is 8.54. The summed E-state index contributed by atoms with van der Waals surface area (Å²) in [6.45, 7) is 2.04. The Morgan fingerprint density at radius 3 is 2.42 bits per heavy atom. The van der Waals surface area contributed by atoms with Crippen LogP contribution in [0.2, 0.25) is 0 Å². The van der Waals surface area contributed by atoms with Gasteiger partial charge in [-0.1, -0.05) is 42.5 Å². The van der Waals surface area contributed by atoms with Crippen molar-refractivity contribution in [1.29, 1.82) is 0 Å². The number of fused-ring (bicyclic) bond motifs is 1. The molecule has 128 valence electrons. The molecule has 0 aliphatic heterocycles. The van der Waals surface area contributed by atoms with Crippen LogP contribution in [0.4, 0.5) is 5.82 Å². The van der Waals surface area contributed by atoms with Crippen LogP contribution < -0.4 is 5.32 Å². The second kappa shape index (κ2) is 6.84. The number of pyridine rings is 2. The van der Waals surface area contributed by atoms with Crippen molar-refractivity contribution in [3.05, 3.63) is 95.8 Å². The maximum Gasteiger partial charge on any atom is 0.147 e. The van der Waals surface area contributed by atoms with E-state index in [4.69, 9.17) is 0 Å². The zero-order valence-electron chi connectivity index (χ0n) is 14.4. The van der Waals surface area contributed by atoms with Gasteiger partial charge in [0.05, 0.1) is 6.04 Å². The normalized spacial score (nSPS) is 12.0. The van der Waals surface area contributed by atoms with E-state index in [9.17, 15) is 5.11 Å². The van der Waals surface area contributed by atoms with Gasteiger partial charge in [0.15, 0.2) is 0 Å². The molecule has 0 spiro atoms. The van der Waals surface area contributed by atoms with Gasteiger partial charge < -0.3 is 10.4 Å². The minimum absolute atomic E-state index is 0.198. The van der Waals surface area contributed by atoms with Crippen molar-refractivity contribution >= 4 is 16.7 Å². The smallest absolute Gasteiger partial charge is 0.147 e. The Morgan fingerprint density at radius 1 is 0.885 bits per heavy atom. The average molecular weight is 341 g/mol.